The van der Waals surface area contributed by atoms with Crippen molar-refractivity contribution in [2.75, 3.05) is 0 Å². The third-order valence-corrected chi connectivity index (χ3v) is 3.92. The minimum absolute atomic E-state index is 0.323. The van der Waals surface area contributed by atoms with Crippen molar-refractivity contribution in [2.24, 2.45) is 5.73 Å². The van der Waals surface area contributed by atoms with Crippen LogP contribution in [-0.2, 0) is 12.0 Å². The first-order chi connectivity index (χ1) is 9.55. The molecule has 2 aromatic rings. The second-order valence-corrected chi connectivity index (χ2v) is 5.59. The lowest BCUT2D eigenvalue weighted by atomic mass is 9.81. The van der Waals surface area contributed by atoms with E-state index in [1.54, 1.807) is 6.07 Å². The summed E-state index contributed by atoms with van der Waals surface area (Å²) < 4.78 is 13.1. The Bertz CT molecular complexity index is 570. The fourth-order valence-corrected chi connectivity index (χ4v) is 2.79. The van der Waals surface area contributed by atoms with E-state index in [4.69, 9.17) is 17.3 Å². The van der Waals surface area contributed by atoms with E-state index in [0.29, 0.717) is 11.4 Å². The van der Waals surface area contributed by atoms with Crippen LogP contribution in [0.5, 0.6) is 0 Å². The van der Waals surface area contributed by atoms with Crippen molar-refractivity contribution in [3.8, 4) is 0 Å². The van der Waals surface area contributed by atoms with Gasteiger partial charge in [0.05, 0.1) is 0 Å². The normalized spacial score (nSPS) is 14.0. The van der Waals surface area contributed by atoms with E-state index < -0.39 is 5.54 Å². The highest BCUT2D eigenvalue weighted by Crippen LogP contribution is 2.31. The summed E-state index contributed by atoms with van der Waals surface area (Å²) in [6.45, 7) is 2.11. The molecule has 0 amide bonds. The zero-order valence-electron chi connectivity index (χ0n) is 11.6. The molecule has 1 nitrogen and oxygen atoms in total. The first-order valence-corrected chi connectivity index (χ1v) is 7.21. The van der Waals surface area contributed by atoms with E-state index in [-0.39, 0.29) is 5.82 Å². The molecule has 0 fully saturated rings. The average Bonchev–Trinajstić information content (AvgIpc) is 2.43. The number of rotatable bonds is 5. The minimum Gasteiger partial charge on any atom is -0.321 e. The Morgan fingerprint density at radius 2 is 1.85 bits per heavy atom. The van der Waals surface area contributed by atoms with E-state index in [1.165, 1.54) is 12.1 Å². The summed E-state index contributed by atoms with van der Waals surface area (Å²) in [6, 6.07) is 14.5. The van der Waals surface area contributed by atoms with Crippen LogP contribution in [0.15, 0.2) is 48.5 Å². The van der Waals surface area contributed by atoms with Gasteiger partial charge in [-0.25, -0.2) is 4.39 Å². The van der Waals surface area contributed by atoms with Crippen LogP contribution in [0.25, 0.3) is 0 Å². The molecule has 2 rings (SSSR count). The molecule has 2 aromatic carbocycles. The molecule has 0 aromatic heterocycles. The van der Waals surface area contributed by atoms with Crippen LogP contribution in [0.2, 0.25) is 5.02 Å². The second-order valence-electron chi connectivity index (χ2n) is 5.18. The molecule has 0 aliphatic heterocycles. The van der Waals surface area contributed by atoms with Crippen molar-refractivity contribution < 1.29 is 4.39 Å². The van der Waals surface area contributed by atoms with Gasteiger partial charge in [-0.3, -0.25) is 0 Å². The topological polar surface area (TPSA) is 26.0 Å². The lowest BCUT2D eigenvalue weighted by Crippen LogP contribution is -2.39. The molecule has 0 saturated heterocycles. The van der Waals surface area contributed by atoms with Gasteiger partial charge in [0.2, 0.25) is 0 Å². The van der Waals surface area contributed by atoms with Gasteiger partial charge in [0.1, 0.15) is 5.82 Å². The summed E-state index contributed by atoms with van der Waals surface area (Å²) in [7, 11) is 0. The number of halogens is 2. The van der Waals surface area contributed by atoms with Crippen molar-refractivity contribution in [1.29, 1.82) is 0 Å². The van der Waals surface area contributed by atoms with Crippen molar-refractivity contribution >= 4 is 11.6 Å². The highest BCUT2D eigenvalue weighted by atomic mass is 35.5. The van der Waals surface area contributed by atoms with Crippen LogP contribution in [-0.4, -0.2) is 0 Å². The Morgan fingerprint density at radius 1 is 1.15 bits per heavy atom. The third kappa shape index (κ3) is 3.38. The van der Waals surface area contributed by atoms with E-state index >= 15 is 0 Å². The van der Waals surface area contributed by atoms with Crippen molar-refractivity contribution in [3.05, 3.63) is 70.5 Å². The van der Waals surface area contributed by atoms with Gasteiger partial charge in [-0.05, 0) is 36.1 Å². The smallest absolute Gasteiger partial charge is 0.124 e. The quantitative estimate of drug-likeness (QED) is 0.851. The molecular weight excluding hydrogens is 273 g/mol. The molecule has 0 spiro atoms. The van der Waals surface area contributed by atoms with E-state index in [1.807, 2.05) is 30.3 Å². The van der Waals surface area contributed by atoms with Gasteiger partial charge in [-0.1, -0.05) is 61.3 Å². The van der Waals surface area contributed by atoms with Gasteiger partial charge in [0.15, 0.2) is 0 Å². The van der Waals surface area contributed by atoms with Crippen LogP contribution < -0.4 is 5.73 Å². The molecule has 0 aliphatic carbocycles. The summed E-state index contributed by atoms with van der Waals surface area (Å²) in [5.41, 5.74) is 8.11. The summed E-state index contributed by atoms with van der Waals surface area (Å²) >= 11 is 6.13. The van der Waals surface area contributed by atoms with Gasteiger partial charge in [0.25, 0.3) is 0 Å². The molecule has 0 radical (unpaired) electrons. The molecule has 0 saturated carbocycles. The summed E-state index contributed by atoms with van der Waals surface area (Å²) in [4.78, 5) is 0. The maximum absolute atomic E-state index is 13.1. The molecule has 2 N–H and O–H groups in total. The number of hydrogen-bond acceptors (Lipinski definition) is 1. The van der Waals surface area contributed by atoms with Crippen LogP contribution in [0.3, 0.4) is 0 Å². The largest absolute Gasteiger partial charge is 0.321 e. The minimum atomic E-state index is -0.475. The maximum atomic E-state index is 13.1. The average molecular weight is 292 g/mol. The number of hydrogen-bond donors (Lipinski definition) is 1. The van der Waals surface area contributed by atoms with Crippen LogP contribution >= 0.6 is 11.6 Å². The molecule has 20 heavy (non-hydrogen) atoms. The predicted molar refractivity (Wildman–Crippen MR) is 82.3 cm³/mol. The lowest BCUT2D eigenvalue weighted by Gasteiger charge is -2.30. The zero-order chi connectivity index (χ0) is 14.6. The Kier molecular flexibility index (Phi) is 4.79. The SMILES string of the molecule is CCCC(N)(Cc1ccc(F)cc1Cl)c1ccccc1. The van der Waals surface area contributed by atoms with E-state index in [0.717, 1.165) is 24.0 Å². The first-order valence-electron chi connectivity index (χ1n) is 6.83. The molecule has 0 heterocycles. The van der Waals surface area contributed by atoms with Crippen LogP contribution in [0.4, 0.5) is 4.39 Å². The van der Waals surface area contributed by atoms with Crippen molar-refractivity contribution in [1.82, 2.24) is 0 Å². The zero-order valence-corrected chi connectivity index (χ0v) is 12.3. The number of benzene rings is 2. The monoisotopic (exact) mass is 291 g/mol. The highest BCUT2D eigenvalue weighted by Gasteiger charge is 2.27. The van der Waals surface area contributed by atoms with Gasteiger partial charge < -0.3 is 5.73 Å². The molecule has 106 valence electrons. The standard InChI is InChI=1S/C17H19ClFN/c1-2-10-17(20,14-6-4-3-5-7-14)12-13-8-9-15(19)11-16(13)18/h3-9,11H,2,10,12,20H2,1H3. The molecule has 3 heteroatoms. The van der Waals surface area contributed by atoms with E-state index in [2.05, 4.69) is 6.92 Å². The molecule has 0 aliphatic rings. The van der Waals surface area contributed by atoms with E-state index in [9.17, 15) is 4.39 Å². The molecule has 1 atom stereocenters. The lowest BCUT2D eigenvalue weighted by molar-refractivity contribution is 0.400. The van der Waals surface area contributed by atoms with Gasteiger partial charge in [-0.2, -0.15) is 0 Å². The Hall–Kier alpha value is -1.38. The molecule has 0 bridgehead atoms. The van der Waals surface area contributed by atoms with Crippen molar-refractivity contribution in [2.45, 2.75) is 31.7 Å². The fraction of sp³-hybridized carbons (Fsp3) is 0.294. The van der Waals surface area contributed by atoms with Crippen LogP contribution in [0.1, 0.15) is 30.9 Å². The molecule has 1 unspecified atom stereocenters. The Morgan fingerprint density at radius 3 is 2.45 bits per heavy atom. The highest BCUT2D eigenvalue weighted by molar-refractivity contribution is 6.31. The second kappa shape index (κ2) is 6.38. The summed E-state index contributed by atoms with van der Waals surface area (Å²) in [5.74, 6) is -0.323. The van der Waals surface area contributed by atoms with Crippen LogP contribution in [0, 0.1) is 5.82 Å². The third-order valence-electron chi connectivity index (χ3n) is 3.57. The number of nitrogens with two attached hydrogens (primary N) is 1. The maximum Gasteiger partial charge on any atom is 0.124 e. The van der Waals surface area contributed by atoms with Gasteiger partial charge in [0, 0.05) is 10.6 Å². The van der Waals surface area contributed by atoms with Gasteiger partial charge in [-0.15, -0.1) is 0 Å². The summed E-state index contributed by atoms with van der Waals surface area (Å²) in [6.07, 6.45) is 2.43. The fourth-order valence-electron chi connectivity index (χ4n) is 2.56. The Balaban J connectivity index is 2.34. The predicted octanol–water partition coefficient (Wildman–Crippen LogP) is 4.68. The Labute approximate surface area is 124 Å². The van der Waals surface area contributed by atoms with Crippen molar-refractivity contribution in [3.63, 3.8) is 0 Å². The molecular formula is C17H19ClFN. The summed E-state index contributed by atoms with van der Waals surface area (Å²) in [5, 5.41) is 0.437. The van der Waals surface area contributed by atoms with Gasteiger partial charge >= 0.3 is 0 Å². The first kappa shape index (κ1) is 15.0.